The van der Waals surface area contributed by atoms with Gasteiger partial charge in [0.25, 0.3) is 10.0 Å². The molecule has 218 valence electrons. The Kier molecular flexibility index (Phi) is 9.70. The summed E-state index contributed by atoms with van der Waals surface area (Å²) in [7, 11) is -2.54. The van der Waals surface area contributed by atoms with Crippen molar-refractivity contribution in [2.24, 2.45) is 0 Å². The van der Waals surface area contributed by atoms with E-state index in [0.29, 0.717) is 17.0 Å². The second-order valence-electron chi connectivity index (χ2n) is 10.7. The highest BCUT2D eigenvalue weighted by Crippen LogP contribution is 2.28. The van der Waals surface area contributed by atoms with Gasteiger partial charge in [-0.3, -0.25) is 13.9 Å². The summed E-state index contributed by atoms with van der Waals surface area (Å²) in [5.41, 5.74) is 2.81. The quantitative estimate of drug-likeness (QED) is 0.347. The molecule has 3 aromatic rings. The van der Waals surface area contributed by atoms with Gasteiger partial charge < -0.3 is 15.0 Å². The van der Waals surface area contributed by atoms with E-state index in [0.717, 1.165) is 41.1 Å². The van der Waals surface area contributed by atoms with Crippen LogP contribution >= 0.6 is 0 Å². The summed E-state index contributed by atoms with van der Waals surface area (Å²) in [5.74, 6) is -0.112. The van der Waals surface area contributed by atoms with Crippen LogP contribution in [0.2, 0.25) is 0 Å². The molecule has 1 atom stereocenters. The molecular formula is C32H39N3O5S. The second-order valence-corrected chi connectivity index (χ2v) is 12.5. The number of rotatable bonds is 11. The first-order valence-corrected chi connectivity index (χ1v) is 15.4. The van der Waals surface area contributed by atoms with E-state index >= 15 is 0 Å². The van der Waals surface area contributed by atoms with Crippen molar-refractivity contribution in [1.29, 1.82) is 0 Å². The summed E-state index contributed by atoms with van der Waals surface area (Å²) in [5, 5.41) is 3.09. The van der Waals surface area contributed by atoms with E-state index in [-0.39, 0.29) is 23.4 Å². The fourth-order valence-corrected chi connectivity index (χ4v) is 6.61. The Morgan fingerprint density at radius 2 is 1.66 bits per heavy atom. The number of hydrogen-bond acceptors (Lipinski definition) is 5. The normalized spacial score (nSPS) is 14.3. The van der Waals surface area contributed by atoms with E-state index in [9.17, 15) is 18.0 Å². The Hall–Kier alpha value is -3.85. The number of aryl methyl sites for hydroxylation is 2. The molecule has 1 fully saturated rings. The number of carbonyl (C=O) groups is 2. The summed E-state index contributed by atoms with van der Waals surface area (Å²) in [6.07, 6.45) is 3.96. The van der Waals surface area contributed by atoms with Crippen molar-refractivity contribution < 1.29 is 22.7 Å². The highest BCUT2D eigenvalue weighted by atomic mass is 32.2. The third kappa shape index (κ3) is 7.27. The zero-order chi connectivity index (χ0) is 29.6. The van der Waals surface area contributed by atoms with Crippen LogP contribution in [0.1, 0.15) is 49.3 Å². The lowest BCUT2D eigenvalue weighted by molar-refractivity contribution is -0.139. The topological polar surface area (TPSA) is 96.0 Å². The van der Waals surface area contributed by atoms with E-state index < -0.39 is 28.5 Å². The molecule has 1 saturated carbocycles. The van der Waals surface area contributed by atoms with Crippen LogP contribution in [0, 0.1) is 13.8 Å². The summed E-state index contributed by atoms with van der Waals surface area (Å²) in [4.78, 5) is 29.0. The molecule has 8 nitrogen and oxygen atoms in total. The average Bonchev–Trinajstić information content (AvgIpc) is 3.48. The van der Waals surface area contributed by atoms with Crippen LogP contribution < -0.4 is 14.4 Å². The molecule has 3 aromatic carbocycles. The van der Waals surface area contributed by atoms with Crippen LogP contribution in [0.4, 0.5) is 5.69 Å². The lowest BCUT2D eigenvalue weighted by atomic mass is 10.1. The fourth-order valence-electron chi connectivity index (χ4n) is 5.14. The first-order chi connectivity index (χ1) is 19.6. The summed E-state index contributed by atoms with van der Waals surface area (Å²) >= 11 is 0. The van der Waals surface area contributed by atoms with Crippen molar-refractivity contribution in [3.63, 3.8) is 0 Å². The number of anilines is 1. The fraction of sp³-hybridized carbons (Fsp3) is 0.375. The van der Waals surface area contributed by atoms with E-state index in [2.05, 4.69) is 5.32 Å². The molecule has 0 saturated heterocycles. The van der Waals surface area contributed by atoms with Gasteiger partial charge in [-0.1, -0.05) is 60.9 Å². The van der Waals surface area contributed by atoms with Crippen molar-refractivity contribution in [2.45, 2.75) is 70.0 Å². The Morgan fingerprint density at radius 1 is 0.976 bits per heavy atom. The molecule has 0 aromatic heterocycles. The number of para-hydroxylation sites is 1. The number of methoxy groups -OCH3 is 1. The lowest BCUT2D eigenvalue weighted by Crippen LogP contribution is -2.52. The third-order valence-corrected chi connectivity index (χ3v) is 9.40. The van der Waals surface area contributed by atoms with Crippen LogP contribution in [-0.2, 0) is 26.2 Å². The Balaban J connectivity index is 1.70. The van der Waals surface area contributed by atoms with Crippen molar-refractivity contribution in [3.8, 4) is 5.75 Å². The molecule has 0 heterocycles. The second kappa shape index (κ2) is 13.2. The molecule has 1 aliphatic rings. The van der Waals surface area contributed by atoms with Crippen LogP contribution in [0.15, 0.2) is 77.7 Å². The molecule has 0 spiro atoms. The number of benzene rings is 3. The van der Waals surface area contributed by atoms with E-state index in [4.69, 9.17) is 4.74 Å². The minimum atomic E-state index is -4.10. The van der Waals surface area contributed by atoms with Crippen molar-refractivity contribution in [2.75, 3.05) is 18.0 Å². The van der Waals surface area contributed by atoms with Gasteiger partial charge in [0.15, 0.2) is 0 Å². The average molecular weight is 578 g/mol. The largest absolute Gasteiger partial charge is 0.497 e. The van der Waals surface area contributed by atoms with Crippen LogP contribution in [0.5, 0.6) is 5.75 Å². The van der Waals surface area contributed by atoms with Gasteiger partial charge >= 0.3 is 0 Å². The van der Waals surface area contributed by atoms with Gasteiger partial charge in [-0.15, -0.1) is 0 Å². The van der Waals surface area contributed by atoms with Gasteiger partial charge in [0.1, 0.15) is 18.3 Å². The smallest absolute Gasteiger partial charge is 0.264 e. The van der Waals surface area contributed by atoms with E-state index in [1.165, 1.54) is 4.90 Å². The number of amides is 2. The molecule has 1 N–H and O–H groups in total. The summed E-state index contributed by atoms with van der Waals surface area (Å²) in [6, 6.07) is 20.2. The molecule has 0 aliphatic heterocycles. The molecule has 41 heavy (non-hydrogen) atoms. The van der Waals surface area contributed by atoms with Crippen molar-refractivity contribution in [1.82, 2.24) is 10.2 Å². The summed E-state index contributed by atoms with van der Waals surface area (Å²) in [6.45, 7) is 5.03. The third-order valence-electron chi connectivity index (χ3n) is 7.63. The first-order valence-electron chi connectivity index (χ1n) is 14.0. The number of nitrogens with one attached hydrogen (secondary N) is 1. The van der Waals surface area contributed by atoms with Gasteiger partial charge in [0.05, 0.1) is 17.7 Å². The van der Waals surface area contributed by atoms with Crippen molar-refractivity contribution in [3.05, 3.63) is 89.5 Å². The van der Waals surface area contributed by atoms with Crippen LogP contribution in [-0.4, -0.2) is 50.9 Å². The molecule has 9 heteroatoms. The number of hydrogen-bond donors (Lipinski definition) is 1. The minimum absolute atomic E-state index is 0.0871. The first kappa shape index (κ1) is 30.1. The Morgan fingerprint density at radius 3 is 2.32 bits per heavy atom. The van der Waals surface area contributed by atoms with Crippen molar-refractivity contribution >= 4 is 27.5 Å². The lowest BCUT2D eigenvalue weighted by Gasteiger charge is -2.33. The highest BCUT2D eigenvalue weighted by Gasteiger charge is 2.33. The standard InChI is InChI=1S/C32H39N3O5S/c1-23-16-18-29(19-17-23)41(38,39)35(30-15-8-5-10-24(30)2)22-31(36)34(21-26-11-9-14-28(20-26)40-4)25(3)32(37)33-27-12-6-7-13-27/h5,8-11,14-20,25,27H,6-7,12-13,21-22H2,1-4H3,(H,33,37). The predicted molar refractivity (Wildman–Crippen MR) is 160 cm³/mol. The number of sulfonamides is 1. The number of carbonyl (C=O) groups excluding carboxylic acids is 2. The zero-order valence-electron chi connectivity index (χ0n) is 24.2. The monoisotopic (exact) mass is 577 g/mol. The SMILES string of the molecule is COc1cccc(CN(C(=O)CN(c2ccccc2C)S(=O)(=O)c2ccc(C)cc2)C(C)C(=O)NC2CCCC2)c1. The van der Waals surface area contributed by atoms with Crippen LogP contribution in [0.25, 0.3) is 0 Å². The molecule has 1 aliphatic carbocycles. The molecule has 4 rings (SSSR count). The molecular weight excluding hydrogens is 538 g/mol. The number of nitrogens with zero attached hydrogens (tertiary/aromatic N) is 2. The highest BCUT2D eigenvalue weighted by molar-refractivity contribution is 7.92. The van der Waals surface area contributed by atoms with Gasteiger partial charge in [-0.2, -0.15) is 0 Å². The minimum Gasteiger partial charge on any atom is -0.497 e. The summed E-state index contributed by atoms with van der Waals surface area (Å²) < 4.78 is 34.5. The maximum Gasteiger partial charge on any atom is 0.264 e. The maximum atomic E-state index is 14.1. The van der Waals surface area contributed by atoms with E-state index in [1.54, 1.807) is 56.5 Å². The van der Waals surface area contributed by atoms with Gasteiger partial charge in [-0.05, 0) is 75.1 Å². The van der Waals surface area contributed by atoms with E-state index in [1.807, 2.05) is 44.2 Å². The number of ether oxygens (including phenoxy) is 1. The molecule has 0 radical (unpaired) electrons. The molecule has 0 bridgehead atoms. The van der Waals surface area contributed by atoms with Gasteiger partial charge in [0.2, 0.25) is 11.8 Å². The molecule has 1 unspecified atom stereocenters. The van der Waals surface area contributed by atoms with Crippen LogP contribution in [0.3, 0.4) is 0 Å². The Labute approximate surface area is 243 Å². The predicted octanol–water partition coefficient (Wildman–Crippen LogP) is 4.98. The van der Waals surface area contributed by atoms with Gasteiger partial charge in [-0.25, -0.2) is 8.42 Å². The van der Waals surface area contributed by atoms with Gasteiger partial charge in [0, 0.05) is 12.6 Å². The zero-order valence-corrected chi connectivity index (χ0v) is 25.0. The maximum absolute atomic E-state index is 14.1. The Bertz CT molecular complexity index is 1470. The molecule has 2 amide bonds.